The Hall–Kier alpha value is -3.80. The fourth-order valence-electron chi connectivity index (χ4n) is 2.97. The Kier molecular flexibility index (Phi) is 3.78. The Morgan fingerprint density at radius 3 is 2.31 bits per heavy atom. The summed E-state index contributed by atoms with van der Waals surface area (Å²) in [5.41, 5.74) is 6.19. The van der Waals surface area contributed by atoms with Crippen molar-refractivity contribution in [3.8, 4) is 0 Å². The van der Waals surface area contributed by atoms with Gasteiger partial charge < -0.3 is 0 Å². The van der Waals surface area contributed by atoms with E-state index in [1.807, 2.05) is 12.1 Å². The summed E-state index contributed by atoms with van der Waals surface area (Å²) >= 11 is 0. The number of hydrogen-bond donors (Lipinski definition) is 1. The number of hydrogen-bond acceptors (Lipinski definition) is 5. The monoisotopic (exact) mass is 343 g/mol. The van der Waals surface area contributed by atoms with Gasteiger partial charge in [-0.05, 0) is 12.1 Å². The Balaban J connectivity index is 1.96. The molecule has 0 atom stereocenters. The topological polar surface area (TPSA) is 84.6 Å². The third-order valence-corrected chi connectivity index (χ3v) is 4.22. The number of carbonyl (C=O) groups is 1. The van der Waals surface area contributed by atoms with Crippen molar-refractivity contribution in [1.82, 2.24) is 0 Å². The smallest absolute Gasteiger partial charge is 0.270 e. The molecule has 0 fully saturated rings. The van der Waals surface area contributed by atoms with Gasteiger partial charge in [0.2, 0.25) is 0 Å². The molecule has 4 rings (SSSR count). The summed E-state index contributed by atoms with van der Waals surface area (Å²) in [4.78, 5) is 23.7. The average molecular weight is 343 g/mol. The number of rotatable bonds is 2. The summed E-state index contributed by atoms with van der Waals surface area (Å²) < 4.78 is 0. The molecule has 0 saturated heterocycles. The second-order valence-electron chi connectivity index (χ2n) is 5.80. The Labute approximate surface area is 148 Å². The van der Waals surface area contributed by atoms with Crippen LogP contribution in [0, 0.1) is 10.1 Å². The van der Waals surface area contributed by atoms with E-state index in [9.17, 15) is 14.9 Å². The van der Waals surface area contributed by atoms with Crippen LogP contribution in [0.5, 0.6) is 0 Å². The highest BCUT2D eigenvalue weighted by Crippen LogP contribution is 2.27. The number of hydrazone groups is 1. The second-order valence-corrected chi connectivity index (χ2v) is 5.80. The molecule has 0 radical (unpaired) electrons. The van der Waals surface area contributed by atoms with Gasteiger partial charge in [-0.15, -0.1) is 0 Å². The molecule has 3 aromatic rings. The number of ketones is 1. The minimum Gasteiger partial charge on any atom is -0.289 e. The summed E-state index contributed by atoms with van der Waals surface area (Å²) in [5.74, 6) is -0.124. The van der Waals surface area contributed by atoms with Crippen LogP contribution in [0.25, 0.3) is 0 Å². The number of anilines is 1. The Bertz CT molecular complexity index is 1070. The molecule has 0 amide bonds. The van der Waals surface area contributed by atoms with Gasteiger partial charge in [-0.25, -0.2) is 0 Å². The van der Waals surface area contributed by atoms with Gasteiger partial charge in [0.25, 0.3) is 5.69 Å². The van der Waals surface area contributed by atoms with Crippen molar-refractivity contribution in [2.24, 2.45) is 5.10 Å². The standard InChI is InChI=1S/C20H13N3O3/c24-20-16-9-2-1-8-15(16)19(13-6-5-7-14(12-13)23(25)26)22-21-18-11-4-3-10-17(18)20/h1-12,21H. The molecule has 3 aromatic carbocycles. The number of nitrogens with one attached hydrogen (secondary N) is 1. The van der Waals surface area contributed by atoms with Crippen LogP contribution in [0.1, 0.15) is 27.0 Å². The molecule has 6 nitrogen and oxygen atoms in total. The van der Waals surface area contributed by atoms with Gasteiger partial charge in [-0.2, -0.15) is 5.10 Å². The maximum Gasteiger partial charge on any atom is 0.270 e. The summed E-state index contributed by atoms with van der Waals surface area (Å²) in [5, 5.41) is 15.6. The molecule has 6 heteroatoms. The van der Waals surface area contributed by atoms with Crippen molar-refractivity contribution in [2.45, 2.75) is 0 Å². The highest BCUT2D eigenvalue weighted by atomic mass is 16.6. The molecule has 0 saturated carbocycles. The van der Waals surface area contributed by atoms with Crippen molar-refractivity contribution >= 4 is 22.9 Å². The molecular weight excluding hydrogens is 330 g/mol. The first-order valence-corrected chi connectivity index (χ1v) is 7.97. The number of nitrogens with zero attached hydrogens (tertiary/aromatic N) is 2. The molecule has 0 bridgehead atoms. The quantitative estimate of drug-likeness (QED) is 0.563. The van der Waals surface area contributed by atoms with Gasteiger partial charge in [0.1, 0.15) is 0 Å². The minimum absolute atomic E-state index is 0.0310. The van der Waals surface area contributed by atoms with Gasteiger partial charge in [-0.1, -0.05) is 48.5 Å². The molecule has 1 aliphatic rings. The molecule has 0 aliphatic carbocycles. The van der Waals surface area contributed by atoms with Crippen molar-refractivity contribution < 1.29 is 9.72 Å². The number of nitro groups is 1. The zero-order valence-electron chi connectivity index (χ0n) is 13.5. The summed E-state index contributed by atoms with van der Waals surface area (Å²) in [6.45, 7) is 0. The molecule has 1 N–H and O–H groups in total. The highest BCUT2D eigenvalue weighted by molar-refractivity contribution is 6.23. The van der Waals surface area contributed by atoms with E-state index in [4.69, 9.17) is 0 Å². The van der Waals surface area contributed by atoms with Crippen LogP contribution in [0.2, 0.25) is 0 Å². The number of carbonyl (C=O) groups excluding carboxylic acids is 1. The molecule has 1 aliphatic heterocycles. The maximum absolute atomic E-state index is 13.0. The van der Waals surface area contributed by atoms with Gasteiger partial charge >= 0.3 is 0 Å². The van der Waals surface area contributed by atoms with Crippen molar-refractivity contribution in [3.05, 3.63) is 105 Å². The molecule has 1 heterocycles. The lowest BCUT2D eigenvalue weighted by Crippen LogP contribution is -2.17. The lowest BCUT2D eigenvalue weighted by molar-refractivity contribution is -0.384. The Morgan fingerprint density at radius 1 is 0.846 bits per heavy atom. The number of benzene rings is 3. The summed E-state index contributed by atoms with van der Waals surface area (Å²) in [7, 11) is 0. The lowest BCUT2D eigenvalue weighted by Gasteiger charge is -2.17. The number of non-ortho nitro benzene ring substituents is 1. The summed E-state index contributed by atoms with van der Waals surface area (Å²) in [6, 6.07) is 20.5. The number of fused-ring (bicyclic) bond motifs is 2. The fourth-order valence-corrected chi connectivity index (χ4v) is 2.97. The SMILES string of the molecule is O=C1c2ccccc2NN=C(c2cccc([N+](=O)[O-])c2)c2ccccc21. The van der Waals surface area contributed by atoms with E-state index >= 15 is 0 Å². The third kappa shape index (κ3) is 2.63. The van der Waals surface area contributed by atoms with Crippen LogP contribution in [0.15, 0.2) is 77.9 Å². The first-order chi connectivity index (χ1) is 12.6. The molecule has 0 spiro atoms. The second kappa shape index (κ2) is 6.25. The van der Waals surface area contributed by atoms with E-state index in [1.165, 1.54) is 12.1 Å². The van der Waals surface area contributed by atoms with E-state index in [0.29, 0.717) is 33.7 Å². The van der Waals surface area contributed by atoms with Crippen molar-refractivity contribution in [2.75, 3.05) is 5.43 Å². The number of nitro benzene ring substituents is 1. The molecular formula is C20H13N3O3. The normalized spacial score (nSPS) is 12.8. The van der Waals surface area contributed by atoms with Crippen molar-refractivity contribution in [1.29, 1.82) is 0 Å². The van der Waals surface area contributed by atoms with Crippen LogP contribution in [-0.4, -0.2) is 16.4 Å². The predicted molar refractivity (Wildman–Crippen MR) is 98.7 cm³/mol. The molecule has 0 aromatic heterocycles. The molecule has 0 unspecified atom stereocenters. The van der Waals surface area contributed by atoms with Crippen molar-refractivity contribution in [3.63, 3.8) is 0 Å². The van der Waals surface area contributed by atoms with Gasteiger partial charge in [-0.3, -0.25) is 20.3 Å². The fraction of sp³-hybridized carbons (Fsp3) is 0. The molecule has 126 valence electrons. The van der Waals surface area contributed by atoms with Crippen LogP contribution >= 0.6 is 0 Å². The van der Waals surface area contributed by atoms with Gasteiger partial charge in [0, 0.05) is 34.4 Å². The zero-order chi connectivity index (χ0) is 18.1. The number of para-hydroxylation sites is 1. The molecule has 26 heavy (non-hydrogen) atoms. The highest BCUT2D eigenvalue weighted by Gasteiger charge is 2.23. The lowest BCUT2D eigenvalue weighted by atomic mass is 9.91. The van der Waals surface area contributed by atoms with E-state index in [0.717, 1.165) is 0 Å². The van der Waals surface area contributed by atoms with Crippen LogP contribution in [0.3, 0.4) is 0 Å². The van der Waals surface area contributed by atoms with Crippen LogP contribution in [-0.2, 0) is 0 Å². The first kappa shape index (κ1) is 15.7. The van der Waals surface area contributed by atoms with Crippen LogP contribution in [0.4, 0.5) is 11.4 Å². The predicted octanol–water partition coefficient (Wildman–Crippen LogP) is 4.00. The van der Waals surface area contributed by atoms with E-state index in [2.05, 4.69) is 10.5 Å². The van der Waals surface area contributed by atoms with Gasteiger partial charge in [0.15, 0.2) is 5.78 Å². The maximum atomic E-state index is 13.0. The third-order valence-electron chi connectivity index (χ3n) is 4.22. The Morgan fingerprint density at radius 2 is 1.54 bits per heavy atom. The minimum atomic E-state index is -0.452. The van der Waals surface area contributed by atoms with E-state index in [1.54, 1.807) is 48.5 Å². The van der Waals surface area contributed by atoms with E-state index in [-0.39, 0.29) is 11.5 Å². The largest absolute Gasteiger partial charge is 0.289 e. The first-order valence-electron chi connectivity index (χ1n) is 7.97. The average Bonchev–Trinajstić information content (AvgIpc) is 2.67. The van der Waals surface area contributed by atoms with Gasteiger partial charge in [0.05, 0.1) is 16.3 Å². The summed E-state index contributed by atoms with van der Waals surface area (Å²) in [6.07, 6.45) is 0. The van der Waals surface area contributed by atoms with Crippen LogP contribution < -0.4 is 5.43 Å². The zero-order valence-corrected chi connectivity index (χ0v) is 13.5. The van der Waals surface area contributed by atoms with E-state index < -0.39 is 4.92 Å².